The first-order valence-electron chi connectivity index (χ1n) is 6.96. The maximum absolute atomic E-state index is 11.5. The van der Waals surface area contributed by atoms with Crippen LogP contribution >= 0.6 is 0 Å². The van der Waals surface area contributed by atoms with Crippen LogP contribution in [0.2, 0.25) is 0 Å². The van der Waals surface area contributed by atoms with Crippen molar-refractivity contribution < 1.29 is 19.7 Å². The fourth-order valence-electron chi connectivity index (χ4n) is 1.90. The number of H-pyrrole nitrogens is 1. The van der Waals surface area contributed by atoms with Crippen LogP contribution in [0.4, 0.5) is 4.79 Å². The summed E-state index contributed by atoms with van der Waals surface area (Å²) in [4.78, 5) is 11.5. The normalized spacial score (nSPS) is 13.4. The van der Waals surface area contributed by atoms with Gasteiger partial charge in [-0.25, -0.2) is 4.79 Å². The van der Waals surface area contributed by atoms with Crippen LogP contribution in [-0.2, 0) is 11.3 Å². The first-order chi connectivity index (χ1) is 10.7. The SMILES string of the molecule is O=C(NCCC(O)C(O)c1cn[nH]c1)OCc1ccccc1. The number of alkyl carbamates (subject to hydrolysis) is 1. The van der Waals surface area contributed by atoms with E-state index in [1.54, 1.807) is 0 Å². The van der Waals surface area contributed by atoms with Gasteiger partial charge < -0.3 is 20.3 Å². The van der Waals surface area contributed by atoms with Gasteiger partial charge in [-0.3, -0.25) is 5.10 Å². The number of nitrogens with zero attached hydrogens (tertiary/aromatic N) is 1. The lowest BCUT2D eigenvalue weighted by atomic mass is 10.1. The highest BCUT2D eigenvalue weighted by molar-refractivity contribution is 5.67. The molecule has 22 heavy (non-hydrogen) atoms. The number of aromatic amines is 1. The Bertz CT molecular complexity index is 559. The van der Waals surface area contributed by atoms with Crippen LogP contribution in [0.1, 0.15) is 23.7 Å². The van der Waals surface area contributed by atoms with Crippen LogP contribution in [-0.4, -0.2) is 39.2 Å². The summed E-state index contributed by atoms with van der Waals surface area (Å²) < 4.78 is 5.03. The minimum atomic E-state index is -1.04. The van der Waals surface area contributed by atoms with Gasteiger partial charge in [0, 0.05) is 18.3 Å². The Morgan fingerprint density at radius 2 is 2.09 bits per heavy atom. The Balaban J connectivity index is 1.64. The van der Waals surface area contributed by atoms with Gasteiger partial charge in [0.2, 0.25) is 0 Å². The molecule has 7 nitrogen and oxygen atoms in total. The highest BCUT2D eigenvalue weighted by Gasteiger charge is 2.19. The van der Waals surface area contributed by atoms with E-state index in [1.165, 1.54) is 12.4 Å². The van der Waals surface area contributed by atoms with Crippen LogP contribution in [0, 0.1) is 0 Å². The highest BCUT2D eigenvalue weighted by atomic mass is 16.5. The number of rotatable bonds is 7. The minimum absolute atomic E-state index is 0.187. The Morgan fingerprint density at radius 3 is 2.77 bits per heavy atom. The first-order valence-corrected chi connectivity index (χ1v) is 6.96. The molecule has 0 saturated carbocycles. The van der Waals surface area contributed by atoms with E-state index in [4.69, 9.17) is 4.74 Å². The van der Waals surface area contributed by atoms with E-state index < -0.39 is 18.3 Å². The van der Waals surface area contributed by atoms with Gasteiger partial charge in [-0.15, -0.1) is 0 Å². The van der Waals surface area contributed by atoms with Gasteiger partial charge in [-0.1, -0.05) is 30.3 Å². The lowest BCUT2D eigenvalue weighted by Crippen LogP contribution is -2.29. The predicted octanol–water partition coefficient (Wildman–Crippen LogP) is 1.12. The summed E-state index contributed by atoms with van der Waals surface area (Å²) in [5.41, 5.74) is 1.40. The van der Waals surface area contributed by atoms with E-state index in [-0.39, 0.29) is 19.6 Å². The number of aromatic nitrogens is 2. The summed E-state index contributed by atoms with van der Waals surface area (Å²) in [5.74, 6) is 0. The standard InChI is InChI=1S/C15H19N3O4/c19-13(14(20)12-8-17-18-9-12)6-7-16-15(21)22-10-11-4-2-1-3-5-11/h1-5,8-9,13-14,19-20H,6-7,10H2,(H,16,21)(H,17,18). The molecule has 0 radical (unpaired) electrons. The summed E-state index contributed by atoms with van der Waals surface area (Å²) in [6, 6.07) is 9.33. The van der Waals surface area contributed by atoms with Crippen molar-refractivity contribution in [3.05, 3.63) is 53.9 Å². The molecule has 0 bridgehead atoms. The van der Waals surface area contributed by atoms with Crippen molar-refractivity contribution in [1.29, 1.82) is 0 Å². The third-order valence-electron chi connectivity index (χ3n) is 3.15. The average Bonchev–Trinajstić information content (AvgIpc) is 3.07. The molecule has 0 aliphatic carbocycles. The summed E-state index contributed by atoms with van der Waals surface area (Å²) in [5, 5.41) is 28.5. The molecule has 2 atom stereocenters. The molecule has 1 amide bonds. The second-order valence-electron chi connectivity index (χ2n) is 4.82. The maximum atomic E-state index is 11.5. The van der Waals surface area contributed by atoms with Crippen LogP contribution in [0.25, 0.3) is 0 Å². The third kappa shape index (κ3) is 4.87. The number of carbonyl (C=O) groups is 1. The smallest absolute Gasteiger partial charge is 0.407 e. The van der Waals surface area contributed by atoms with Crippen molar-refractivity contribution in [2.45, 2.75) is 25.2 Å². The van der Waals surface area contributed by atoms with Crippen molar-refractivity contribution in [2.75, 3.05) is 6.54 Å². The molecule has 1 heterocycles. The molecule has 0 aliphatic rings. The number of ether oxygens (including phenoxy) is 1. The van der Waals surface area contributed by atoms with Crippen molar-refractivity contribution in [3.8, 4) is 0 Å². The fraction of sp³-hybridized carbons (Fsp3) is 0.333. The molecule has 7 heteroatoms. The zero-order valence-corrected chi connectivity index (χ0v) is 12.0. The van der Waals surface area contributed by atoms with E-state index in [1.807, 2.05) is 30.3 Å². The molecule has 2 aromatic rings. The molecule has 0 spiro atoms. The van der Waals surface area contributed by atoms with Crippen LogP contribution in [0.3, 0.4) is 0 Å². The number of aliphatic hydroxyl groups excluding tert-OH is 2. The van der Waals surface area contributed by atoms with Crippen molar-refractivity contribution in [2.24, 2.45) is 0 Å². The summed E-state index contributed by atoms with van der Waals surface area (Å²) >= 11 is 0. The molecule has 4 N–H and O–H groups in total. The first kappa shape index (κ1) is 16.0. The lowest BCUT2D eigenvalue weighted by Gasteiger charge is -2.16. The number of amides is 1. The summed E-state index contributed by atoms with van der Waals surface area (Å²) in [6.45, 7) is 0.385. The van der Waals surface area contributed by atoms with Crippen molar-refractivity contribution >= 4 is 6.09 Å². The molecule has 1 aromatic heterocycles. The molecule has 1 aromatic carbocycles. The zero-order chi connectivity index (χ0) is 15.8. The number of hydrogen-bond acceptors (Lipinski definition) is 5. The highest BCUT2D eigenvalue weighted by Crippen LogP contribution is 2.16. The topological polar surface area (TPSA) is 107 Å². The average molecular weight is 305 g/mol. The van der Waals surface area contributed by atoms with Crippen LogP contribution < -0.4 is 5.32 Å². The van der Waals surface area contributed by atoms with E-state index in [0.717, 1.165) is 5.56 Å². The second-order valence-corrected chi connectivity index (χ2v) is 4.82. The maximum Gasteiger partial charge on any atom is 0.407 e. The van der Waals surface area contributed by atoms with Crippen LogP contribution in [0.5, 0.6) is 0 Å². The molecule has 0 saturated heterocycles. The van der Waals surface area contributed by atoms with Gasteiger partial charge in [0.05, 0.1) is 12.3 Å². The zero-order valence-electron chi connectivity index (χ0n) is 12.0. The number of hydrogen-bond donors (Lipinski definition) is 4. The summed E-state index contributed by atoms with van der Waals surface area (Å²) in [7, 11) is 0. The second kappa shape index (κ2) is 8.16. The number of aliphatic hydroxyl groups is 2. The van der Waals surface area contributed by atoms with Gasteiger partial charge in [0.15, 0.2) is 0 Å². The number of benzene rings is 1. The Labute approximate surface area is 127 Å². The summed E-state index contributed by atoms with van der Waals surface area (Å²) in [6.07, 6.45) is 0.555. The Hall–Kier alpha value is -2.38. The van der Waals surface area contributed by atoms with Gasteiger partial charge >= 0.3 is 6.09 Å². The molecular formula is C15H19N3O4. The van der Waals surface area contributed by atoms with E-state index in [9.17, 15) is 15.0 Å². The van der Waals surface area contributed by atoms with Gasteiger partial charge in [-0.05, 0) is 12.0 Å². The Kier molecular flexibility index (Phi) is 5.93. The predicted molar refractivity (Wildman–Crippen MR) is 78.8 cm³/mol. The van der Waals surface area contributed by atoms with Crippen LogP contribution in [0.15, 0.2) is 42.7 Å². The quantitative estimate of drug-likeness (QED) is 0.613. The molecule has 118 valence electrons. The number of nitrogens with one attached hydrogen (secondary N) is 2. The van der Waals surface area contributed by atoms with Gasteiger partial charge in [0.1, 0.15) is 12.7 Å². The fourth-order valence-corrected chi connectivity index (χ4v) is 1.90. The molecular weight excluding hydrogens is 286 g/mol. The lowest BCUT2D eigenvalue weighted by molar-refractivity contribution is 0.0136. The van der Waals surface area contributed by atoms with Gasteiger partial charge in [-0.2, -0.15) is 5.10 Å². The van der Waals surface area contributed by atoms with Gasteiger partial charge in [0.25, 0.3) is 0 Å². The van der Waals surface area contributed by atoms with Crippen molar-refractivity contribution in [3.63, 3.8) is 0 Å². The Morgan fingerprint density at radius 1 is 1.32 bits per heavy atom. The minimum Gasteiger partial charge on any atom is -0.445 e. The molecule has 2 unspecified atom stereocenters. The molecule has 0 fully saturated rings. The largest absolute Gasteiger partial charge is 0.445 e. The van der Waals surface area contributed by atoms with Crippen molar-refractivity contribution in [1.82, 2.24) is 15.5 Å². The van der Waals surface area contributed by atoms with E-state index in [2.05, 4.69) is 15.5 Å². The monoisotopic (exact) mass is 305 g/mol. The third-order valence-corrected chi connectivity index (χ3v) is 3.15. The number of carbonyl (C=O) groups excluding carboxylic acids is 1. The van der Waals surface area contributed by atoms with E-state index >= 15 is 0 Å². The van der Waals surface area contributed by atoms with E-state index in [0.29, 0.717) is 5.56 Å². The molecule has 2 rings (SSSR count). The molecule has 0 aliphatic heterocycles.